The molecular formula is C21H24N4O2S. The standard InChI is InChI=1S/C21H24N4O2S/c1-21(2,3)19-23-18(24-27-19)14-6-8-16(9-7-14)22-20(26)25-11-4-5-17(25)15-10-12-28-13-15/h6-10,12-13,17H,4-5,11H2,1-3H3,(H,22,26)/t17-/m1/s1. The number of nitrogens with zero attached hydrogens (tertiary/aromatic N) is 3. The van der Waals surface area contributed by atoms with Crippen molar-refractivity contribution in [2.45, 2.75) is 45.1 Å². The third kappa shape index (κ3) is 3.80. The van der Waals surface area contributed by atoms with Crippen molar-refractivity contribution in [2.75, 3.05) is 11.9 Å². The summed E-state index contributed by atoms with van der Waals surface area (Å²) in [6.07, 6.45) is 2.04. The van der Waals surface area contributed by atoms with Crippen LogP contribution >= 0.6 is 11.3 Å². The summed E-state index contributed by atoms with van der Waals surface area (Å²) in [6, 6.07) is 9.75. The number of urea groups is 1. The topological polar surface area (TPSA) is 71.3 Å². The van der Waals surface area contributed by atoms with Crippen LogP contribution in [0.3, 0.4) is 0 Å². The highest BCUT2D eigenvalue weighted by molar-refractivity contribution is 7.08. The van der Waals surface area contributed by atoms with E-state index in [0.717, 1.165) is 30.6 Å². The highest BCUT2D eigenvalue weighted by atomic mass is 32.1. The van der Waals surface area contributed by atoms with Gasteiger partial charge >= 0.3 is 6.03 Å². The van der Waals surface area contributed by atoms with Crippen molar-refractivity contribution in [3.8, 4) is 11.4 Å². The summed E-state index contributed by atoms with van der Waals surface area (Å²) in [5, 5.41) is 11.3. The highest BCUT2D eigenvalue weighted by Gasteiger charge is 2.30. The van der Waals surface area contributed by atoms with Gasteiger partial charge in [0.05, 0.1) is 6.04 Å². The van der Waals surface area contributed by atoms with Gasteiger partial charge < -0.3 is 14.7 Å². The van der Waals surface area contributed by atoms with Crippen molar-refractivity contribution in [3.63, 3.8) is 0 Å². The Morgan fingerprint density at radius 1 is 1.25 bits per heavy atom. The van der Waals surface area contributed by atoms with Crippen molar-refractivity contribution in [1.29, 1.82) is 0 Å². The van der Waals surface area contributed by atoms with Crippen molar-refractivity contribution < 1.29 is 9.32 Å². The molecule has 0 saturated carbocycles. The van der Waals surface area contributed by atoms with Crippen molar-refractivity contribution in [3.05, 3.63) is 52.5 Å². The van der Waals surface area contributed by atoms with Crippen LogP contribution in [0.4, 0.5) is 10.5 Å². The number of likely N-dealkylation sites (tertiary alicyclic amines) is 1. The molecule has 1 aliphatic rings. The second-order valence-electron chi connectivity index (χ2n) is 8.09. The van der Waals surface area contributed by atoms with Crippen molar-refractivity contribution in [2.24, 2.45) is 0 Å². The number of rotatable bonds is 3. The molecule has 0 aliphatic carbocycles. The molecule has 28 heavy (non-hydrogen) atoms. The predicted octanol–water partition coefficient (Wildman–Crippen LogP) is 5.46. The zero-order valence-electron chi connectivity index (χ0n) is 16.3. The van der Waals surface area contributed by atoms with Crippen molar-refractivity contribution in [1.82, 2.24) is 15.0 Å². The molecule has 2 aromatic heterocycles. The second-order valence-corrected chi connectivity index (χ2v) is 8.87. The SMILES string of the molecule is CC(C)(C)c1nc(-c2ccc(NC(=O)N3CCC[C@@H]3c3ccsc3)cc2)no1. The van der Waals surface area contributed by atoms with Gasteiger partial charge in [0.15, 0.2) is 0 Å². The molecule has 1 aliphatic heterocycles. The largest absolute Gasteiger partial charge is 0.338 e. The Hall–Kier alpha value is -2.67. The lowest BCUT2D eigenvalue weighted by atomic mass is 9.97. The van der Waals surface area contributed by atoms with Crippen molar-refractivity contribution >= 4 is 23.1 Å². The summed E-state index contributed by atoms with van der Waals surface area (Å²) in [5.41, 5.74) is 2.65. The van der Waals surface area contributed by atoms with E-state index in [4.69, 9.17) is 4.52 Å². The summed E-state index contributed by atoms with van der Waals surface area (Å²) in [5.74, 6) is 1.16. The molecule has 3 heterocycles. The maximum Gasteiger partial charge on any atom is 0.322 e. The van der Waals surface area contributed by atoms with Crippen LogP contribution in [0.1, 0.15) is 51.1 Å². The first kappa shape index (κ1) is 18.7. The summed E-state index contributed by atoms with van der Waals surface area (Å²) < 4.78 is 5.36. The third-order valence-electron chi connectivity index (χ3n) is 4.90. The van der Waals surface area contributed by atoms with Crippen LogP contribution in [0.15, 0.2) is 45.6 Å². The van der Waals surface area contributed by atoms with E-state index >= 15 is 0 Å². The van der Waals surface area contributed by atoms with E-state index in [1.165, 1.54) is 5.56 Å². The average molecular weight is 397 g/mol. The lowest BCUT2D eigenvalue weighted by Gasteiger charge is -2.24. The molecule has 1 fully saturated rings. The van der Waals surface area contributed by atoms with Gasteiger partial charge in [0.2, 0.25) is 11.7 Å². The van der Waals surface area contributed by atoms with Gasteiger partial charge in [0.1, 0.15) is 0 Å². The van der Waals surface area contributed by atoms with E-state index in [1.54, 1.807) is 11.3 Å². The van der Waals surface area contributed by atoms with E-state index in [9.17, 15) is 4.79 Å². The molecule has 2 amide bonds. The number of hydrogen-bond donors (Lipinski definition) is 1. The molecule has 0 bridgehead atoms. The molecule has 0 spiro atoms. The molecular weight excluding hydrogens is 372 g/mol. The number of thiophene rings is 1. The lowest BCUT2D eigenvalue weighted by Crippen LogP contribution is -2.34. The van der Waals surface area contributed by atoms with E-state index in [0.29, 0.717) is 11.7 Å². The number of nitrogens with one attached hydrogen (secondary N) is 1. The first-order valence-corrected chi connectivity index (χ1v) is 10.4. The van der Waals surface area contributed by atoms with Crippen LogP contribution in [0, 0.1) is 0 Å². The maximum absolute atomic E-state index is 12.8. The average Bonchev–Trinajstić information content (AvgIpc) is 3.41. The van der Waals surface area contributed by atoms with Gasteiger partial charge in [-0.15, -0.1) is 0 Å². The van der Waals surface area contributed by atoms with Gasteiger partial charge in [-0.3, -0.25) is 0 Å². The first-order chi connectivity index (χ1) is 13.4. The van der Waals surface area contributed by atoms with Gasteiger partial charge in [-0.1, -0.05) is 25.9 Å². The van der Waals surface area contributed by atoms with Crippen LogP contribution in [-0.4, -0.2) is 27.6 Å². The number of aromatic nitrogens is 2. The molecule has 0 radical (unpaired) electrons. The van der Waals surface area contributed by atoms with Crippen LogP contribution in [0.2, 0.25) is 0 Å². The number of carbonyl (C=O) groups is 1. The normalized spacial score (nSPS) is 17.1. The van der Waals surface area contributed by atoms with Gasteiger partial charge in [-0.25, -0.2) is 4.79 Å². The molecule has 0 unspecified atom stereocenters. The zero-order valence-corrected chi connectivity index (χ0v) is 17.1. The van der Waals surface area contributed by atoms with E-state index in [-0.39, 0.29) is 17.5 Å². The molecule has 1 saturated heterocycles. The molecule has 3 aromatic rings. The maximum atomic E-state index is 12.8. The number of carbonyl (C=O) groups excluding carboxylic acids is 1. The summed E-state index contributed by atoms with van der Waals surface area (Å²) in [7, 11) is 0. The van der Waals surface area contributed by atoms with Gasteiger partial charge in [-0.05, 0) is 59.5 Å². The number of hydrogen-bond acceptors (Lipinski definition) is 5. The quantitative estimate of drug-likeness (QED) is 0.638. The fraction of sp³-hybridized carbons (Fsp3) is 0.381. The Balaban J connectivity index is 1.44. The molecule has 146 valence electrons. The van der Waals surface area contributed by atoms with Crippen LogP contribution < -0.4 is 5.32 Å². The van der Waals surface area contributed by atoms with Gasteiger partial charge in [0.25, 0.3) is 0 Å². The predicted molar refractivity (Wildman–Crippen MR) is 110 cm³/mol. The Morgan fingerprint density at radius 3 is 2.68 bits per heavy atom. The highest BCUT2D eigenvalue weighted by Crippen LogP contribution is 2.33. The minimum absolute atomic E-state index is 0.0592. The Kier molecular flexibility index (Phi) is 4.93. The van der Waals surface area contributed by atoms with Gasteiger partial charge in [0, 0.05) is 23.2 Å². The fourth-order valence-electron chi connectivity index (χ4n) is 3.36. The van der Waals surface area contributed by atoms with Crippen LogP contribution in [0.5, 0.6) is 0 Å². The first-order valence-electron chi connectivity index (χ1n) is 9.46. The smallest absolute Gasteiger partial charge is 0.322 e. The molecule has 6 nitrogen and oxygen atoms in total. The Labute approximate surface area is 168 Å². The van der Waals surface area contributed by atoms with Gasteiger partial charge in [-0.2, -0.15) is 16.3 Å². The van der Waals surface area contributed by atoms with Crippen LogP contribution in [0.25, 0.3) is 11.4 Å². The minimum Gasteiger partial charge on any atom is -0.338 e. The van der Waals surface area contributed by atoms with Crippen LogP contribution in [-0.2, 0) is 5.41 Å². The summed E-state index contributed by atoms with van der Waals surface area (Å²) in [6.45, 7) is 6.88. The number of anilines is 1. The Bertz CT molecular complexity index is 942. The molecule has 1 atom stereocenters. The minimum atomic E-state index is -0.187. The Morgan fingerprint density at radius 2 is 2.04 bits per heavy atom. The number of benzene rings is 1. The molecule has 7 heteroatoms. The molecule has 1 N–H and O–H groups in total. The lowest BCUT2D eigenvalue weighted by molar-refractivity contribution is 0.207. The van der Waals surface area contributed by atoms with E-state index < -0.39 is 0 Å². The molecule has 1 aromatic carbocycles. The third-order valence-corrected chi connectivity index (χ3v) is 5.61. The second kappa shape index (κ2) is 7.39. The van der Waals surface area contributed by atoms with E-state index in [2.05, 4.69) is 32.3 Å². The van der Waals surface area contributed by atoms with E-state index in [1.807, 2.05) is 49.9 Å². The number of amides is 2. The zero-order chi connectivity index (χ0) is 19.7. The summed E-state index contributed by atoms with van der Waals surface area (Å²) in [4.78, 5) is 19.2. The fourth-order valence-corrected chi connectivity index (χ4v) is 4.07. The summed E-state index contributed by atoms with van der Waals surface area (Å²) >= 11 is 1.67. The molecule has 4 rings (SSSR count). The monoisotopic (exact) mass is 396 g/mol.